The summed E-state index contributed by atoms with van der Waals surface area (Å²) >= 11 is 0. The molecule has 0 radical (unpaired) electrons. The van der Waals surface area contributed by atoms with Gasteiger partial charge in [0.1, 0.15) is 0 Å². The van der Waals surface area contributed by atoms with Crippen LogP contribution in [-0.2, 0) is 9.53 Å². The molecule has 1 fully saturated rings. The van der Waals surface area contributed by atoms with Gasteiger partial charge in [0.15, 0.2) is 0 Å². The Morgan fingerprint density at radius 2 is 2.13 bits per heavy atom. The molecule has 0 atom stereocenters. The highest BCUT2D eigenvalue weighted by atomic mass is 16.5. The highest BCUT2D eigenvalue weighted by molar-refractivity contribution is 5.76. The number of carbonyl (C=O) groups excluding carboxylic acids is 1. The number of rotatable bonds is 6. The highest BCUT2D eigenvalue weighted by Crippen LogP contribution is 2.29. The number of methoxy groups -OCH3 is 1. The third-order valence-corrected chi connectivity index (χ3v) is 3.02. The average molecular weight is 215 g/mol. The minimum atomic E-state index is -0.329. The van der Waals surface area contributed by atoms with E-state index in [0.29, 0.717) is 13.0 Å². The number of aliphatic hydroxyl groups excluding tert-OH is 1. The second-order valence-electron chi connectivity index (χ2n) is 4.29. The molecule has 1 rings (SSSR count). The fourth-order valence-corrected chi connectivity index (χ4v) is 2.11. The first-order chi connectivity index (χ1) is 7.22. The van der Waals surface area contributed by atoms with Gasteiger partial charge in [-0.25, -0.2) is 0 Å². The Balaban J connectivity index is 2.28. The van der Waals surface area contributed by atoms with Gasteiger partial charge in [0.2, 0.25) is 5.91 Å². The Morgan fingerprint density at radius 3 is 2.67 bits per heavy atom. The predicted molar refractivity (Wildman–Crippen MR) is 57.5 cm³/mol. The first-order valence-electron chi connectivity index (χ1n) is 5.63. The van der Waals surface area contributed by atoms with E-state index in [-0.39, 0.29) is 18.1 Å². The third kappa shape index (κ3) is 3.80. The van der Waals surface area contributed by atoms with E-state index < -0.39 is 0 Å². The molecular formula is C11H21NO3. The van der Waals surface area contributed by atoms with Crippen LogP contribution in [0, 0.1) is 0 Å². The smallest absolute Gasteiger partial charge is 0.220 e. The van der Waals surface area contributed by atoms with E-state index in [4.69, 9.17) is 4.74 Å². The molecule has 0 aromatic heterocycles. The summed E-state index contributed by atoms with van der Waals surface area (Å²) in [6.07, 6.45) is 5.22. The maximum absolute atomic E-state index is 11.6. The molecule has 4 nitrogen and oxygen atoms in total. The lowest BCUT2D eigenvalue weighted by Crippen LogP contribution is -2.49. The molecule has 1 aliphatic rings. The van der Waals surface area contributed by atoms with Gasteiger partial charge in [0.25, 0.3) is 0 Å². The molecule has 0 aliphatic heterocycles. The van der Waals surface area contributed by atoms with E-state index in [0.717, 1.165) is 32.1 Å². The second kappa shape index (κ2) is 6.08. The largest absolute Gasteiger partial charge is 0.394 e. The molecular weight excluding hydrogens is 194 g/mol. The van der Waals surface area contributed by atoms with Crippen LogP contribution in [0.4, 0.5) is 0 Å². The Morgan fingerprint density at radius 1 is 1.47 bits per heavy atom. The fraction of sp³-hybridized carbons (Fsp3) is 0.909. The summed E-state index contributed by atoms with van der Waals surface area (Å²) in [6, 6.07) is 0. The average Bonchev–Trinajstić information content (AvgIpc) is 2.67. The summed E-state index contributed by atoms with van der Waals surface area (Å²) in [4.78, 5) is 11.6. The van der Waals surface area contributed by atoms with Crippen LogP contribution in [0.5, 0.6) is 0 Å². The molecule has 15 heavy (non-hydrogen) atoms. The standard InChI is InChI=1S/C11H21NO3/c1-15-8-4-5-10(14)12-11(9-13)6-2-3-7-11/h13H,2-9H2,1H3,(H,12,14). The highest BCUT2D eigenvalue weighted by Gasteiger charge is 2.34. The van der Waals surface area contributed by atoms with Crippen LogP contribution in [-0.4, -0.2) is 36.9 Å². The van der Waals surface area contributed by atoms with Gasteiger partial charge in [0, 0.05) is 20.1 Å². The molecule has 0 bridgehead atoms. The van der Waals surface area contributed by atoms with E-state index in [2.05, 4.69) is 5.32 Å². The molecule has 0 saturated heterocycles. The van der Waals surface area contributed by atoms with Crippen molar-refractivity contribution in [2.24, 2.45) is 0 Å². The molecule has 1 saturated carbocycles. The van der Waals surface area contributed by atoms with Gasteiger partial charge in [0.05, 0.1) is 12.1 Å². The number of hydrogen-bond acceptors (Lipinski definition) is 3. The maximum Gasteiger partial charge on any atom is 0.220 e. The van der Waals surface area contributed by atoms with E-state index in [1.54, 1.807) is 7.11 Å². The molecule has 1 amide bonds. The van der Waals surface area contributed by atoms with Crippen LogP contribution in [0.15, 0.2) is 0 Å². The Labute approximate surface area is 91.0 Å². The van der Waals surface area contributed by atoms with Gasteiger partial charge in [-0.1, -0.05) is 12.8 Å². The van der Waals surface area contributed by atoms with Crippen LogP contribution in [0.2, 0.25) is 0 Å². The normalized spacial score (nSPS) is 19.1. The second-order valence-corrected chi connectivity index (χ2v) is 4.29. The SMILES string of the molecule is COCCCC(=O)NC1(CO)CCCC1. The lowest BCUT2D eigenvalue weighted by atomic mass is 9.98. The Bertz CT molecular complexity index is 200. The quantitative estimate of drug-likeness (QED) is 0.645. The minimum absolute atomic E-state index is 0.0306. The molecule has 0 heterocycles. The monoisotopic (exact) mass is 215 g/mol. The van der Waals surface area contributed by atoms with Crippen molar-refractivity contribution in [1.29, 1.82) is 0 Å². The molecule has 0 aromatic rings. The van der Waals surface area contributed by atoms with Gasteiger partial charge in [-0.2, -0.15) is 0 Å². The van der Waals surface area contributed by atoms with Gasteiger partial charge < -0.3 is 15.2 Å². The Hall–Kier alpha value is -0.610. The summed E-state index contributed by atoms with van der Waals surface area (Å²) in [5.74, 6) is 0.0306. The van der Waals surface area contributed by atoms with Gasteiger partial charge >= 0.3 is 0 Å². The van der Waals surface area contributed by atoms with Crippen molar-refractivity contribution >= 4 is 5.91 Å². The first-order valence-corrected chi connectivity index (χ1v) is 5.63. The first kappa shape index (κ1) is 12.5. The van der Waals surface area contributed by atoms with Gasteiger partial charge in [-0.3, -0.25) is 4.79 Å². The summed E-state index contributed by atoms with van der Waals surface area (Å²) in [6.45, 7) is 0.669. The lowest BCUT2D eigenvalue weighted by Gasteiger charge is -2.27. The zero-order valence-corrected chi connectivity index (χ0v) is 9.42. The van der Waals surface area contributed by atoms with Crippen molar-refractivity contribution in [2.45, 2.75) is 44.1 Å². The molecule has 4 heteroatoms. The van der Waals surface area contributed by atoms with Crippen molar-refractivity contribution in [3.8, 4) is 0 Å². The van der Waals surface area contributed by atoms with Crippen LogP contribution >= 0.6 is 0 Å². The zero-order chi connectivity index (χ0) is 11.1. The van der Waals surface area contributed by atoms with Gasteiger partial charge in [-0.05, 0) is 19.3 Å². The topological polar surface area (TPSA) is 58.6 Å². The molecule has 0 unspecified atom stereocenters. The number of hydrogen-bond donors (Lipinski definition) is 2. The third-order valence-electron chi connectivity index (χ3n) is 3.02. The number of nitrogens with one attached hydrogen (secondary N) is 1. The van der Waals surface area contributed by atoms with Crippen LogP contribution in [0.25, 0.3) is 0 Å². The number of ether oxygens (including phenoxy) is 1. The molecule has 0 aromatic carbocycles. The van der Waals surface area contributed by atoms with Crippen LogP contribution in [0.1, 0.15) is 38.5 Å². The molecule has 2 N–H and O–H groups in total. The van der Waals surface area contributed by atoms with Crippen LogP contribution < -0.4 is 5.32 Å². The summed E-state index contributed by atoms with van der Waals surface area (Å²) in [5, 5.41) is 12.3. The predicted octanol–water partition coefficient (Wildman–Crippen LogP) is 0.834. The van der Waals surface area contributed by atoms with E-state index in [1.165, 1.54) is 0 Å². The minimum Gasteiger partial charge on any atom is -0.394 e. The molecule has 1 aliphatic carbocycles. The molecule has 88 valence electrons. The van der Waals surface area contributed by atoms with E-state index in [9.17, 15) is 9.90 Å². The van der Waals surface area contributed by atoms with Crippen LogP contribution in [0.3, 0.4) is 0 Å². The van der Waals surface area contributed by atoms with E-state index >= 15 is 0 Å². The summed E-state index contributed by atoms with van der Waals surface area (Å²) < 4.78 is 4.88. The van der Waals surface area contributed by atoms with Crippen molar-refractivity contribution in [3.05, 3.63) is 0 Å². The summed E-state index contributed by atoms with van der Waals surface area (Å²) in [5.41, 5.74) is -0.329. The molecule has 0 spiro atoms. The van der Waals surface area contributed by atoms with Crippen molar-refractivity contribution in [1.82, 2.24) is 5.32 Å². The number of carbonyl (C=O) groups is 1. The lowest BCUT2D eigenvalue weighted by molar-refractivity contribution is -0.123. The number of amides is 1. The number of aliphatic hydroxyl groups is 1. The fourth-order valence-electron chi connectivity index (χ4n) is 2.11. The van der Waals surface area contributed by atoms with Gasteiger partial charge in [-0.15, -0.1) is 0 Å². The zero-order valence-electron chi connectivity index (χ0n) is 9.42. The van der Waals surface area contributed by atoms with E-state index in [1.807, 2.05) is 0 Å². The Kier molecular flexibility index (Phi) is 5.05. The van der Waals surface area contributed by atoms with Crippen molar-refractivity contribution in [3.63, 3.8) is 0 Å². The van der Waals surface area contributed by atoms with Crippen molar-refractivity contribution < 1.29 is 14.6 Å². The summed E-state index contributed by atoms with van der Waals surface area (Å²) in [7, 11) is 1.63. The maximum atomic E-state index is 11.6. The van der Waals surface area contributed by atoms with Crippen molar-refractivity contribution in [2.75, 3.05) is 20.3 Å².